The van der Waals surface area contributed by atoms with Gasteiger partial charge in [0.2, 0.25) is 0 Å². The molecule has 1 amide bonds. The van der Waals surface area contributed by atoms with Gasteiger partial charge >= 0.3 is 0 Å². The van der Waals surface area contributed by atoms with E-state index in [-0.39, 0.29) is 5.91 Å². The largest absolute Gasteiger partial charge is 0.459 e. The lowest BCUT2D eigenvalue weighted by Crippen LogP contribution is -2.31. The van der Waals surface area contributed by atoms with Crippen molar-refractivity contribution < 1.29 is 9.21 Å². The number of carbonyl (C=O) groups is 1. The molecule has 6 heteroatoms. The van der Waals surface area contributed by atoms with Gasteiger partial charge in [-0.25, -0.2) is 9.97 Å². The minimum absolute atomic E-state index is 0.0956. The Morgan fingerprint density at radius 2 is 1.77 bits per heavy atom. The highest BCUT2D eigenvalue weighted by atomic mass is 16.3. The van der Waals surface area contributed by atoms with Crippen molar-refractivity contribution in [1.29, 1.82) is 0 Å². The van der Waals surface area contributed by atoms with Crippen LogP contribution in [-0.2, 0) is 6.54 Å². The number of hydrogen-bond acceptors (Lipinski definition) is 5. The van der Waals surface area contributed by atoms with Crippen LogP contribution in [0.5, 0.6) is 0 Å². The van der Waals surface area contributed by atoms with Crippen molar-refractivity contribution in [1.82, 2.24) is 14.9 Å². The summed E-state index contributed by atoms with van der Waals surface area (Å²) in [7, 11) is 0. The average molecular weight is 463 g/mol. The lowest BCUT2D eigenvalue weighted by Gasteiger charge is -2.21. The summed E-state index contributed by atoms with van der Waals surface area (Å²) < 4.78 is 5.34. The molecule has 0 fully saturated rings. The summed E-state index contributed by atoms with van der Waals surface area (Å²) in [6.07, 6.45) is 3.97. The topological polar surface area (TPSA) is 71.3 Å². The van der Waals surface area contributed by atoms with Crippen LogP contribution in [0.25, 0.3) is 22.0 Å². The Morgan fingerprint density at radius 3 is 2.57 bits per heavy atom. The molecular weight excluding hydrogens is 436 g/mol. The zero-order chi connectivity index (χ0) is 24.0. The Balaban J connectivity index is 1.44. The van der Waals surface area contributed by atoms with E-state index in [0.717, 1.165) is 45.5 Å². The Labute approximate surface area is 204 Å². The second-order valence-corrected chi connectivity index (χ2v) is 8.35. The fraction of sp³-hybridized carbons (Fsp3) is 0.138. The van der Waals surface area contributed by atoms with Crippen molar-refractivity contribution in [2.75, 3.05) is 11.9 Å². The van der Waals surface area contributed by atoms with E-state index in [9.17, 15) is 4.79 Å². The number of furan rings is 1. The average Bonchev–Trinajstić information content (AvgIpc) is 3.44. The van der Waals surface area contributed by atoms with Gasteiger partial charge in [-0.3, -0.25) is 4.79 Å². The quantitative estimate of drug-likeness (QED) is 0.278. The number of rotatable bonds is 8. The minimum Gasteiger partial charge on any atom is -0.459 e. The molecule has 0 aliphatic carbocycles. The van der Waals surface area contributed by atoms with E-state index in [2.05, 4.69) is 46.5 Å². The maximum atomic E-state index is 12.9. The molecule has 2 heterocycles. The van der Waals surface area contributed by atoms with Crippen LogP contribution >= 0.6 is 0 Å². The minimum atomic E-state index is -0.0956. The molecule has 3 aromatic carbocycles. The molecule has 0 aliphatic heterocycles. The van der Waals surface area contributed by atoms with E-state index >= 15 is 0 Å². The molecule has 1 N–H and O–H groups in total. The first-order chi connectivity index (χ1) is 17.2. The molecule has 0 atom stereocenters. The number of nitrogens with one attached hydrogen (secondary N) is 1. The van der Waals surface area contributed by atoms with Crippen molar-refractivity contribution in [2.24, 2.45) is 0 Å². The zero-order valence-corrected chi connectivity index (χ0v) is 19.5. The van der Waals surface area contributed by atoms with Gasteiger partial charge in [0, 0.05) is 24.2 Å². The monoisotopic (exact) mass is 462 g/mol. The van der Waals surface area contributed by atoms with Crippen molar-refractivity contribution in [3.05, 3.63) is 109 Å². The highest BCUT2D eigenvalue weighted by molar-refractivity contribution is 5.94. The predicted octanol–water partition coefficient (Wildman–Crippen LogP) is 6.69. The second-order valence-electron chi connectivity index (χ2n) is 8.35. The lowest BCUT2D eigenvalue weighted by atomic mass is 10.0. The highest BCUT2D eigenvalue weighted by Crippen LogP contribution is 2.29. The normalized spacial score (nSPS) is 10.9. The van der Waals surface area contributed by atoms with E-state index < -0.39 is 0 Å². The van der Waals surface area contributed by atoms with Gasteiger partial charge < -0.3 is 14.6 Å². The predicted molar refractivity (Wildman–Crippen MR) is 138 cm³/mol. The van der Waals surface area contributed by atoms with Crippen molar-refractivity contribution in [3.63, 3.8) is 0 Å². The molecule has 0 radical (unpaired) electrons. The first-order valence-electron chi connectivity index (χ1n) is 11.7. The molecule has 2 aromatic heterocycles. The fourth-order valence-corrected chi connectivity index (χ4v) is 4.14. The number of fused-ring (bicyclic) bond motifs is 1. The summed E-state index contributed by atoms with van der Waals surface area (Å²) >= 11 is 0. The van der Waals surface area contributed by atoms with Gasteiger partial charge in [-0.05, 0) is 65.6 Å². The van der Waals surface area contributed by atoms with E-state index in [1.807, 2.05) is 53.4 Å². The number of hydrogen-bond donors (Lipinski definition) is 1. The standard InChI is InChI=1S/C29H26N4O2/c1-2-15-33(29(34)27-12-7-16-35-27)19-21-8-6-9-22(17-21)23-13-14-26-25(18-23)28(31-20-30-26)32-24-10-4-3-5-11-24/h3-14,16-18,20H,2,15,19H2,1H3,(H,30,31,32). The Morgan fingerprint density at radius 1 is 0.914 bits per heavy atom. The van der Waals surface area contributed by atoms with Crippen LogP contribution < -0.4 is 5.32 Å². The first-order valence-corrected chi connectivity index (χ1v) is 11.7. The van der Waals surface area contributed by atoms with Gasteiger partial charge in [0.25, 0.3) is 5.91 Å². The summed E-state index contributed by atoms with van der Waals surface area (Å²) in [6, 6.07) is 27.9. The van der Waals surface area contributed by atoms with Crippen molar-refractivity contribution in [2.45, 2.75) is 19.9 Å². The SMILES string of the molecule is CCCN(Cc1cccc(-c2ccc3ncnc(Nc4ccccc4)c3c2)c1)C(=O)c1ccco1. The molecule has 0 unspecified atom stereocenters. The zero-order valence-electron chi connectivity index (χ0n) is 19.5. The number of carbonyl (C=O) groups excluding carboxylic acids is 1. The molecule has 5 rings (SSSR count). The van der Waals surface area contributed by atoms with Crippen molar-refractivity contribution in [3.8, 4) is 11.1 Å². The van der Waals surface area contributed by atoms with E-state index in [1.165, 1.54) is 6.26 Å². The maximum absolute atomic E-state index is 12.9. The van der Waals surface area contributed by atoms with Gasteiger partial charge in [0.15, 0.2) is 5.76 Å². The van der Waals surface area contributed by atoms with Gasteiger partial charge in [-0.2, -0.15) is 0 Å². The molecule has 0 saturated heterocycles. The number of aromatic nitrogens is 2. The molecule has 6 nitrogen and oxygen atoms in total. The van der Waals surface area contributed by atoms with E-state index in [4.69, 9.17) is 4.42 Å². The van der Waals surface area contributed by atoms with Crippen LogP contribution in [0.4, 0.5) is 11.5 Å². The smallest absolute Gasteiger partial charge is 0.289 e. The number of amides is 1. The molecule has 174 valence electrons. The second kappa shape index (κ2) is 10.2. The summed E-state index contributed by atoms with van der Waals surface area (Å²) in [4.78, 5) is 23.6. The van der Waals surface area contributed by atoms with Crippen LogP contribution in [-0.4, -0.2) is 27.3 Å². The van der Waals surface area contributed by atoms with Gasteiger partial charge in [0.1, 0.15) is 12.1 Å². The van der Waals surface area contributed by atoms with Crippen LogP contribution in [0.3, 0.4) is 0 Å². The molecule has 35 heavy (non-hydrogen) atoms. The Kier molecular flexibility index (Phi) is 6.52. The maximum Gasteiger partial charge on any atom is 0.289 e. The van der Waals surface area contributed by atoms with Crippen LogP contribution in [0, 0.1) is 0 Å². The van der Waals surface area contributed by atoms with E-state index in [1.54, 1.807) is 18.5 Å². The summed E-state index contributed by atoms with van der Waals surface area (Å²) in [5, 5.41) is 4.34. The summed E-state index contributed by atoms with van der Waals surface area (Å²) in [5.74, 6) is 1.03. The molecule has 5 aromatic rings. The number of benzene rings is 3. The molecule has 0 bridgehead atoms. The summed E-state index contributed by atoms with van der Waals surface area (Å²) in [5.41, 5.74) is 5.03. The lowest BCUT2D eigenvalue weighted by molar-refractivity contribution is 0.0711. The molecule has 0 aliphatic rings. The fourth-order valence-electron chi connectivity index (χ4n) is 4.14. The van der Waals surface area contributed by atoms with Gasteiger partial charge in [0.05, 0.1) is 11.8 Å². The Bertz CT molecular complexity index is 1430. The molecule has 0 spiro atoms. The highest BCUT2D eigenvalue weighted by Gasteiger charge is 2.18. The van der Waals surface area contributed by atoms with Crippen LogP contribution in [0.1, 0.15) is 29.5 Å². The first kappa shape index (κ1) is 22.3. The number of nitrogens with zero attached hydrogens (tertiary/aromatic N) is 3. The van der Waals surface area contributed by atoms with Gasteiger partial charge in [-0.15, -0.1) is 0 Å². The summed E-state index contributed by atoms with van der Waals surface area (Å²) in [6.45, 7) is 3.24. The third-order valence-electron chi connectivity index (χ3n) is 5.82. The van der Waals surface area contributed by atoms with Crippen LogP contribution in [0.2, 0.25) is 0 Å². The van der Waals surface area contributed by atoms with Gasteiger partial charge in [-0.1, -0.05) is 49.4 Å². The number of anilines is 2. The Hall–Kier alpha value is -4.45. The molecular formula is C29H26N4O2. The third-order valence-corrected chi connectivity index (χ3v) is 5.82. The molecule has 0 saturated carbocycles. The van der Waals surface area contributed by atoms with Crippen LogP contribution in [0.15, 0.2) is 102 Å². The number of para-hydroxylation sites is 1. The third kappa shape index (κ3) is 5.06. The van der Waals surface area contributed by atoms with Crippen molar-refractivity contribution >= 4 is 28.3 Å². The van der Waals surface area contributed by atoms with E-state index in [0.29, 0.717) is 18.8 Å².